The first-order valence-corrected chi connectivity index (χ1v) is 12.5. The van der Waals surface area contributed by atoms with Gasteiger partial charge in [-0.3, -0.25) is 4.90 Å². The molecule has 0 saturated carbocycles. The molecule has 3 nitrogen and oxygen atoms in total. The van der Waals surface area contributed by atoms with E-state index < -0.39 is 8.80 Å². The molecule has 3 aromatic carbocycles. The number of hydrogen-bond donors (Lipinski definition) is 0. The Balaban J connectivity index is 1.86. The molecule has 3 aromatic rings. The maximum absolute atomic E-state index is 12.4. The molecule has 0 unspecified atom stereocenters. The van der Waals surface area contributed by atoms with Crippen LogP contribution in [0.4, 0.5) is 10.5 Å². The van der Waals surface area contributed by atoms with Gasteiger partial charge in [0.1, 0.15) is 8.80 Å². The van der Waals surface area contributed by atoms with Gasteiger partial charge in [0.25, 0.3) is 0 Å². The van der Waals surface area contributed by atoms with Gasteiger partial charge >= 0.3 is 6.09 Å². The molecular weight excluding hydrogens is 394 g/mol. The molecule has 5 heteroatoms. The fourth-order valence-corrected chi connectivity index (χ4v) is 7.77. The SMILES string of the molecule is COC(=O)N1CC[C@@H]([Si](c2ccccc2)c2ccccc2)c2cc(SC)ccc21. The number of carbonyl (C=O) groups excluding carboxylic acids is 1. The molecule has 1 radical (unpaired) electrons. The van der Waals surface area contributed by atoms with Gasteiger partial charge in [-0.1, -0.05) is 71.0 Å². The summed E-state index contributed by atoms with van der Waals surface area (Å²) in [5, 5.41) is 2.81. The molecule has 147 valence electrons. The zero-order valence-corrected chi connectivity index (χ0v) is 18.5. The van der Waals surface area contributed by atoms with Crippen molar-refractivity contribution in [2.24, 2.45) is 0 Å². The second kappa shape index (κ2) is 8.89. The topological polar surface area (TPSA) is 29.5 Å². The number of hydrogen-bond acceptors (Lipinski definition) is 3. The van der Waals surface area contributed by atoms with E-state index in [1.165, 1.54) is 27.9 Å². The Morgan fingerprint density at radius 2 is 1.62 bits per heavy atom. The van der Waals surface area contributed by atoms with Crippen LogP contribution in [0.3, 0.4) is 0 Å². The second-order valence-corrected chi connectivity index (χ2v) is 10.6. The Morgan fingerprint density at radius 1 is 1.00 bits per heavy atom. The standard InChI is InChI=1S/C24H24NO2SSi/c1-27-24(26)25-16-15-23(21-17-18(28-2)13-14-22(21)25)29(19-9-5-3-6-10-19)20-11-7-4-8-12-20/h3-14,17,23H,15-16H2,1-2H3/t23-/m1/s1. The number of rotatable bonds is 4. The van der Waals surface area contributed by atoms with Crippen molar-refractivity contribution in [2.45, 2.75) is 16.9 Å². The van der Waals surface area contributed by atoms with E-state index in [4.69, 9.17) is 4.74 Å². The van der Waals surface area contributed by atoms with Gasteiger partial charge in [-0.2, -0.15) is 0 Å². The molecule has 0 saturated heterocycles. The first kappa shape index (κ1) is 19.8. The normalized spacial score (nSPS) is 15.8. The van der Waals surface area contributed by atoms with E-state index in [0.717, 1.165) is 12.1 Å². The minimum atomic E-state index is -1.08. The van der Waals surface area contributed by atoms with Gasteiger partial charge in [0.05, 0.1) is 12.8 Å². The first-order valence-electron chi connectivity index (χ1n) is 9.74. The monoisotopic (exact) mass is 418 g/mol. The zero-order valence-electron chi connectivity index (χ0n) is 16.7. The van der Waals surface area contributed by atoms with Crippen molar-refractivity contribution in [3.8, 4) is 0 Å². The van der Waals surface area contributed by atoms with Crippen LogP contribution in [0.2, 0.25) is 0 Å². The third-order valence-corrected chi connectivity index (χ3v) is 9.39. The number of thioether (sulfide) groups is 1. The first-order chi connectivity index (χ1) is 14.2. The highest BCUT2D eigenvalue weighted by molar-refractivity contribution is 7.98. The molecule has 1 heterocycles. The molecule has 0 aromatic heterocycles. The summed E-state index contributed by atoms with van der Waals surface area (Å²) in [7, 11) is 0.372. The number of ether oxygens (including phenoxy) is 1. The van der Waals surface area contributed by atoms with Crippen molar-refractivity contribution in [1.82, 2.24) is 0 Å². The molecule has 0 fully saturated rings. The van der Waals surface area contributed by atoms with Gasteiger partial charge in [-0.25, -0.2) is 4.79 Å². The van der Waals surface area contributed by atoms with E-state index in [1.54, 1.807) is 16.7 Å². The summed E-state index contributed by atoms with van der Waals surface area (Å²) >= 11 is 1.74. The molecule has 1 aliphatic heterocycles. The Kier molecular flexibility index (Phi) is 6.07. The van der Waals surface area contributed by atoms with Crippen LogP contribution in [0.5, 0.6) is 0 Å². The molecule has 0 bridgehead atoms. The minimum Gasteiger partial charge on any atom is -0.452 e. The van der Waals surface area contributed by atoms with Crippen molar-refractivity contribution in [2.75, 3.05) is 24.8 Å². The van der Waals surface area contributed by atoms with E-state index in [1.807, 2.05) is 0 Å². The van der Waals surface area contributed by atoms with Crippen LogP contribution in [0.25, 0.3) is 0 Å². The fourth-order valence-electron chi connectivity index (χ4n) is 4.12. The van der Waals surface area contributed by atoms with Gasteiger partial charge in [-0.15, -0.1) is 11.8 Å². The number of anilines is 1. The predicted molar refractivity (Wildman–Crippen MR) is 123 cm³/mol. The van der Waals surface area contributed by atoms with E-state index in [2.05, 4.69) is 85.1 Å². The number of carbonyl (C=O) groups is 1. The van der Waals surface area contributed by atoms with E-state index in [0.29, 0.717) is 12.1 Å². The molecule has 1 amide bonds. The lowest BCUT2D eigenvalue weighted by Gasteiger charge is -2.37. The van der Waals surface area contributed by atoms with Gasteiger partial charge in [0.15, 0.2) is 0 Å². The molecule has 0 aliphatic carbocycles. The number of nitrogens with zero attached hydrogens (tertiary/aromatic N) is 1. The quantitative estimate of drug-likeness (QED) is 0.467. The zero-order chi connectivity index (χ0) is 20.2. The number of fused-ring (bicyclic) bond motifs is 1. The van der Waals surface area contributed by atoms with Gasteiger partial charge in [0, 0.05) is 11.4 Å². The highest BCUT2D eigenvalue weighted by Gasteiger charge is 2.36. The van der Waals surface area contributed by atoms with Crippen molar-refractivity contribution >= 4 is 42.7 Å². The molecule has 1 aliphatic rings. The van der Waals surface area contributed by atoms with Crippen LogP contribution >= 0.6 is 11.8 Å². The van der Waals surface area contributed by atoms with Crippen molar-refractivity contribution in [1.29, 1.82) is 0 Å². The smallest absolute Gasteiger partial charge is 0.414 e. The summed E-state index contributed by atoms with van der Waals surface area (Å²) in [4.78, 5) is 15.4. The van der Waals surface area contributed by atoms with E-state index in [-0.39, 0.29) is 6.09 Å². The minimum absolute atomic E-state index is 0.283. The summed E-state index contributed by atoms with van der Waals surface area (Å²) in [5.74, 6) is 0. The lowest BCUT2D eigenvalue weighted by Crippen LogP contribution is -2.50. The summed E-state index contributed by atoms with van der Waals surface area (Å²) in [6, 6.07) is 28.2. The van der Waals surface area contributed by atoms with Gasteiger partial charge in [0.2, 0.25) is 0 Å². The summed E-state index contributed by atoms with van der Waals surface area (Å²) in [5.41, 5.74) is 2.63. The van der Waals surface area contributed by atoms with Crippen LogP contribution < -0.4 is 15.3 Å². The van der Waals surface area contributed by atoms with Crippen molar-refractivity contribution in [3.63, 3.8) is 0 Å². The number of benzene rings is 3. The predicted octanol–water partition coefficient (Wildman–Crippen LogP) is 4.32. The average Bonchev–Trinajstić information content (AvgIpc) is 2.80. The largest absolute Gasteiger partial charge is 0.452 e. The molecule has 1 atom stereocenters. The van der Waals surface area contributed by atoms with Gasteiger partial charge < -0.3 is 4.74 Å². The van der Waals surface area contributed by atoms with Crippen LogP contribution in [-0.2, 0) is 4.74 Å². The third kappa shape index (κ3) is 3.98. The summed E-state index contributed by atoms with van der Waals surface area (Å²) in [6.45, 7) is 0.677. The maximum Gasteiger partial charge on any atom is 0.414 e. The molecule has 29 heavy (non-hydrogen) atoms. The molecular formula is C24H24NO2SSi. The van der Waals surface area contributed by atoms with Crippen LogP contribution in [-0.4, -0.2) is 34.8 Å². The third-order valence-electron chi connectivity index (χ3n) is 5.46. The van der Waals surface area contributed by atoms with Crippen LogP contribution in [0.15, 0.2) is 83.8 Å². The molecule has 0 N–H and O–H groups in total. The highest BCUT2D eigenvalue weighted by atomic mass is 32.2. The highest BCUT2D eigenvalue weighted by Crippen LogP contribution is 2.39. The van der Waals surface area contributed by atoms with Crippen molar-refractivity contribution in [3.05, 3.63) is 84.4 Å². The van der Waals surface area contributed by atoms with Gasteiger partial charge in [-0.05, 0) is 42.0 Å². The van der Waals surface area contributed by atoms with Crippen molar-refractivity contribution < 1.29 is 9.53 Å². The maximum atomic E-state index is 12.4. The van der Waals surface area contributed by atoms with Crippen LogP contribution in [0, 0.1) is 0 Å². The van der Waals surface area contributed by atoms with E-state index >= 15 is 0 Å². The number of methoxy groups -OCH3 is 1. The Labute approximate surface area is 178 Å². The Hall–Kier alpha value is -2.50. The second-order valence-electron chi connectivity index (χ2n) is 7.03. The average molecular weight is 419 g/mol. The van der Waals surface area contributed by atoms with Crippen LogP contribution in [0.1, 0.15) is 17.5 Å². The summed E-state index contributed by atoms with van der Waals surface area (Å²) in [6.07, 6.45) is 2.74. The fraction of sp³-hybridized carbons (Fsp3) is 0.208. The molecule has 4 rings (SSSR count). The molecule has 0 spiro atoms. The lowest BCUT2D eigenvalue weighted by molar-refractivity contribution is 0.178. The number of amides is 1. The Bertz CT molecular complexity index is 941. The lowest BCUT2D eigenvalue weighted by atomic mass is 10.0. The summed E-state index contributed by atoms with van der Waals surface area (Å²) < 4.78 is 5.06. The van der Waals surface area contributed by atoms with E-state index in [9.17, 15) is 4.79 Å². The Morgan fingerprint density at radius 3 is 2.17 bits per heavy atom.